The van der Waals surface area contributed by atoms with E-state index in [1.807, 2.05) is 0 Å². The van der Waals surface area contributed by atoms with Gasteiger partial charge in [0.1, 0.15) is 5.82 Å². The molecular weight excluding hydrogens is 325 g/mol. The van der Waals surface area contributed by atoms with Crippen LogP contribution >= 0.6 is 0 Å². The maximum absolute atomic E-state index is 13.4. The number of benzene rings is 1. The first-order chi connectivity index (χ1) is 9.75. The molecule has 3 nitrogen and oxygen atoms in total. The standard InChI is InChI=1S/C12H7F7O3/c1-5-2-6(4-7(13)3-5)8(20)10(14,15)12(18,19)11(16,17)9(21)22/h2-4H,1H3,(H,21,22). The number of carbonyl (C=O) groups is 2. The maximum atomic E-state index is 13.4. The zero-order valence-corrected chi connectivity index (χ0v) is 10.6. The van der Waals surface area contributed by atoms with Gasteiger partial charge in [0.05, 0.1) is 0 Å². The lowest BCUT2D eigenvalue weighted by Crippen LogP contribution is -2.61. The molecule has 0 aromatic heterocycles. The van der Waals surface area contributed by atoms with E-state index in [-0.39, 0.29) is 11.6 Å². The van der Waals surface area contributed by atoms with Crippen molar-refractivity contribution in [3.05, 3.63) is 35.1 Å². The lowest BCUT2D eigenvalue weighted by Gasteiger charge is -2.29. The number of aliphatic carboxylic acids is 1. The molecule has 0 aliphatic heterocycles. The van der Waals surface area contributed by atoms with Crippen LogP contribution in [0, 0.1) is 12.7 Å². The highest BCUT2D eigenvalue weighted by molar-refractivity contribution is 6.03. The number of ketones is 1. The second kappa shape index (κ2) is 5.25. The summed E-state index contributed by atoms with van der Waals surface area (Å²) >= 11 is 0. The quantitative estimate of drug-likeness (QED) is 0.665. The molecule has 1 aromatic carbocycles. The van der Waals surface area contributed by atoms with Gasteiger partial charge in [-0.2, -0.15) is 26.3 Å². The zero-order chi connectivity index (χ0) is 17.5. The minimum atomic E-state index is -6.51. The monoisotopic (exact) mass is 332 g/mol. The predicted octanol–water partition coefficient (Wildman–Crippen LogP) is 3.31. The van der Waals surface area contributed by atoms with Crippen LogP contribution < -0.4 is 0 Å². The SMILES string of the molecule is Cc1cc(F)cc(C(=O)C(F)(F)C(F)(F)C(F)(F)C(=O)O)c1. The minimum absolute atomic E-state index is 0.104. The van der Waals surface area contributed by atoms with Crippen LogP contribution in [0.1, 0.15) is 15.9 Å². The molecule has 1 N–H and O–H groups in total. The van der Waals surface area contributed by atoms with E-state index in [0.717, 1.165) is 13.0 Å². The van der Waals surface area contributed by atoms with Crippen molar-refractivity contribution in [1.82, 2.24) is 0 Å². The van der Waals surface area contributed by atoms with Crippen LogP contribution in [0.25, 0.3) is 0 Å². The molecule has 0 spiro atoms. The second-order valence-electron chi connectivity index (χ2n) is 4.37. The first-order valence-electron chi connectivity index (χ1n) is 5.44. The van der Waals surface area contributed by atoms with Crippen LogP contribution in [-0.2, 0) is 4.79 Å². The third kappa shape index (κ3) is 2.64. The van der Waals surface area contributed by atoms with Gasteiger partial charge in [0, 0.05) is 5.56 Å². The molecule has 0 aliphatic carbocycles. The normalized spacial score (nSPS) is 13.1. The number of Topliss-reactive ketones (excluding diaryl/α,β-unsaturated/α-hetero) is 1. The molecule has 0 bridgehead atoms. The number of halogens is 7. The molecule has 0 heterocycles. The van der Waals surface area contributed by atoms with Crippen molar-refractivity contribution in [3.63, 3.8) is 0 Å². The predicted molar refractivity (Wildman–Crippen MR) is 57.9 cm³/mol. The smallest absolute Gasteiger partial charge is 0.411 e. The lowest BCUT2D eigenvalue weighted by molar-refractivity contribution is -0.285. The molecule has 0 saturated heterocycles. The van der Waals surface area contributed by atoms with Crippen LogP contribution in [0.5, 0.6) is 0 Å². The Bertz CT molecular complexity index is 605. The van der Waals surface area contributed by atoms with Gasteiger partial charge in [0.15, 0.2) is 0 Å². The number of alkyl halides is 6. The van der Waals surface area contributed by atoms with Gasteiger partial charge >= 0.3 is 23.7 Å². The lowest BCUT2D eigenvalue weighted by atomic mass is 9.95. The van der Waals surface area contributed by atoms with Gasteiger partial charge in [-0.1, -0.05) is 0 Å². The van der Waals surface area contributed by atoms with E-state index in [2.05, 4.69) is 0 Å². The fourth-order valence-electron chi connectivity index (χ4n) is 1.52. The van der Waals surface area contributed by atoms with E-state index >= 15 is 0 Å². The van der Waals surface area contributed by atoms with Gasteiger partial charge in [0.2, 0.25) is 5.78 Å². The highest BCUT2D eigenvalue weighted by Crippen LogP contribution is 2.47. The minimum Gasteiger partial charge on any atom is -0.477 e. The molecule has 0 unspecified atom stereocenters. The Labute approximate surface area is 118 Å². The van der Waals surface area contributed by atoms with Crippen molar-refractivity contribution in [1.29, 1.82) is 0 Å². The highest BCUT2D eigenvalue weighted by atomic mass is 19.3. The largest absolute Gasteiger partial charge is 0.477 e. The van der Waals surface area contributed by atoms with Gasteiger partial charge < -0.3 is 5.11 Å². The number of carboxylic acids is 1. The Morgan fingerprint density at radius 3 is 1.86 bits per heavy atom. The average Bonchev–Trinajstić information content (AvgIpc) is 2.35. The zero-order valence-electron chi connectivity index (χ0n) is 10.6. The first kappa shape index (κ1) is 17.9. The van der Waals surface area contributed by atoms with Gasteiger partial charge in [0.25, 0.3) is 0 Å². The molecule has 0 fully saturated rings. The van der Waals surface area contributed by atoms with E-state index in [4.69, 9.17) is 5.11 Å². The Morgan fingerprint density at radius 2 is 1.45 bits per heavy atom. The number of hydrogen-bond acceptors (Lipinski definition) is 2. The molecule has 0 radical (unpaired) electrons. The summed E-state index contributed by atoms with van der Waals surface area (Å²) in [5.74, 6) is -26.3. The highest BCUT2D eigenvalue weighted by Gasteiger charge is 2.78. The number of aryl methyl sites for hydroxylation is 1. The van der Waals surface area contributed by atoms with E-state index < -0.39 is 40.9 Å². The van der Waals surface area contributed by atoms with Crippen molar-refractivity contribution in [2.75, 3.05) is 0 Å². The second-order valence-corrected chi connectivity index (χ2v) is 4.37. The van der Waals surface area contributed by atoms with Gasteiger partial charge in [-0.25, -0.2) is 9.18 Å². The Hall–Kier alpha value is -2.13. The van der Waals surface area contributed by atoms with E-state index in [9.17, 15) is 40.3 Å². The van der Waals surface area contributed by atoms with E-state index in [0.29, 0.717) is 6.07 Å². The van der Waals surface area contributed by atoms with Gasteiger partial charge in [-0.15, -0.1) is 0 Å². The molecule has 0 aliphatic rings. The maximum Gasteiger partial charge on any atom is 0.411 e. The summed E-state index contributed by atoms with van der Waals surface area (Å²) in [6.45, 7) is 1.14. The summed E-state index contributed by atoms with van der Waals surface area (Å²) in [4.78, 5) is 21.4. The number of rotatable bonds is 5. The number of carboxylic acid groups (broad SMARTS) is 1. The van der Waals surface area contributed by atoms with Crippen LogP contribution in [0.4, 0.5) is 30.7 Å². The molecule has 10 heteroatoms. The molecule has 1 rings (SSSR count). The molecule has 0 saturated carbocycles. The Kier molecular flexibility index (Phi) is 4.28. The fraction of sp³-hybridized carbons (Fsp3) is 0.333. The van der Waals surface area contributed by atoms with Crippen molar-refractivity contribution >= 4 is 11.8 Å². The van der Waals surface area contributed by atoms with E-state index in [1.165, 1.54) is 0 Å². The van der Waals surface area contributed by atoms with Crippen LogP contribution in [0.2, 0.25) is 0 Å². The average molecular weight is 332 g/mol. The molecule has 22 heavy (non-hydrogen) atoms. The molecule has 122 valence electrons. The molecule has 0 atom stereocenters. The number of hydrogen-bond donors (Lipinski definition) is 1. The van der Waals surface area contributed by atoms with Crippen molar-refractivity contribution in [2.45, 2.75) is 24.7 Å². The van der Waals surface area contributed by atoms with Gasteiger partial charge in [-0.05, 0) is 30.7 Å². The topological polar surface area (TPSA) is 54.4 Å². The third-order valence-corrected chi connectivity index (χ3v) is 2.65. The molecule has 0 amide bonds. The van der Waals surface area contributed by atoms with Crippen LogP contribution in [0.15, 0.2) is 18.2 Å². The van der Waals surface area contributed by atoms with Crippen molar-refractivity contribution < 1.29 is 45.4 Å². The van der Waals surface area contributed by atoms with Crippen LogP contribution in [0.3, 0.4) is 0 Å². The van der Waals surface area contributed by atoms with E-state index in [1.54, 1.807) is 0 Å². The van der Waals surface area contributed by atoms with Crippen molar-refractivity contribution in [3.8, 4) is 0 Å². The number of carbonyl (C=O) groups excluding carboxylic acids is 1. The summed E-state index contributed by atoms with van der Waals surface area (Å²) in [7, 11) is 0. The summed E-state index contributed by atoms with van der Waals surface area (Å²) in [6.07, 6.45) is 0. The summed E-state index contributed by atoms with van der Waals surface area (Å²) in [6, 6.07) is 1.51. The Balaban J connectivity index is 3.39. The first-order valence-corrected chi connectivity index (χ1v) is 5.44. The van der Waals surface area contributed by atoms with Crippen LogP contribution in [-0.4, -0.2) is 34.6 Å². The van der Waals surface area contributed by atoms with Gasteiger partial charge in [-0.3, -0.25) is 4.79 Å². The summed E-state index contributed by atoms with van der Waals surface area (Å²) in [5, 5.41) is 7.95. The Morgan fingerprint density at radius 1 is 0.955 bits per heavy atom. The van der Waals surface area contributed by atoms with Crippen molar-refractivity contribution in [2.24, 2.45) is 0 Å². The fourth-order valence-corrected chi connectivity index (χ4v) is 1.52. The summed E-state index contributed by atoms with van der Waals surface area (Å²) in [5.41, 5.74) is -1.39. The molecular formula is C12H7F7O3. The third-order valence-electron chi connectivity index (χ3n) is 2.65. The summed E-state index contributed by atoms with van der Waals surface area (Å²) < 4.78 is 91.8. The molecule has 1 aromatic rings.